The average molecular weight is 557 g/mol. The summed E-state index contributed by atoms with van der Waals surface area (Å²) in [5.41, 5.74) is 17.8. The van der Waals surface area contributed by atoms with Crippen LogP contribution >= 0.6 is 11.8 Å². The number of unbranched alkanes of at least 4 members (excludes halogenated alkanes) is 1. The van der Waals surface area contributed by atoms with Gasteiger partial charge in [-0.15, -0.1) is 0 Å². The molecule has 3 aromatic rings. The SMILES string of the molecule is NCCCCC(N)C(=O)Nc1ccc(N2NC(C(F)(F)F)C[C@H]2c2ccc3c(c2)Nc2ccccc2S3)cc1. The van der Waals surface area contributed by atoms with E-state index in [1.165, 1.54) is 0 Å². The highest BCUT2D eigenvalue weighted by atomic mass is 32.2. The molecule has 1 amide bonds. The number of nitrogens with one attached hydrogen (secondary N) is 3. The van der Waals surface area contributed by atoms with E-state index in [-0.39, 0.29) is 12.3 Å². The molecule has 1 saturated heterocycles. The molecule has 0 radical (unpaired) electrons. The fraction of sp³-hybridized carbons (Fsp3) is 0.321. The van der Waals surface area contributed by atoms with Gasteiger partial charge in [0.2, 0.25) is 5.91 Å². The zero-order valence-electron chi connectivity index (χ0n) is 21.2. The van der Waals surface area contributed by atoms with E-state index in [4.69, 9.17) is 11.5 Å². The first-order valence-electron chi connectivity index (χ1n) is 12.9. The molecule has 2 heterocycles. The summed E-state index contributed by atoms with van der Waals surface area (Å²) >= 11 is 1.63. The lowest BCUT2D eigenvalue weighted by atomic mass is 10.00. The minimum atomic E-state index is -4.40. The summed E-state index contributed by atoms with van der Waals surface area (Å²) in [5, 5.41) is 7.76. The van der Waals surface area contributed by atoms with Gasteiger partial charge in [0, 0.05) is 15.5 Å². The molecule has 0 aromatic heterocycles. The van der Waals surface area contributed by atoms with Gasteiger partial charge in [0.05, 0.1) is 29.1 Å². The van der Waals surface area contributed by atoms with Gasteiger partial charge in [0.1, 0.15) is 6.04 Å². The molecule has 3 atom stereocenters. The number of nitrogens with two attached hydrogens (primary N) is 2. The van der Waals surface area contributed by atoms with Crippen molar-refractivity contribution in [2.45, 2.75) is 59.8 Å². The minimum Gasteiger partial charge on any atom is -0.354 e. The number of carbonyl (C=O) groups excluding carboxylic acids is 1. The van der Waals surface area contributed by atoms with Gasteiger partial charge in [-0.25, -0.2) is 5.43 Å². The van der Waals surface area contributed by atoms with E-state index in [2.05, 4.69) is 16.1 Å². The maximum Gasteiger partial charge on any atom is 0.405 e. The molecule has 2 aliphatic rings. The molecule has 7 nitrogen and oxygen atoms in total. The first-order chi connectivity index (χ1) is 18.7. The first kappa shape index (κ1) is 27.3. The number of hydrogen-bond acceptors (Lipinski definition) is 7. The zero-order chi connectivity index (χ0) is 27.6. The minimum absolute atomic E-state index is 0.137. The third-order valence-corrected chi connectivity index (χ3v) is 8.10. The van der Waals surface area contributed by atoms with E-state index in [0.29, 0.717) is 24.3 Å². The quantitative estimate of drug-likeness (QED) is 0.178. The number of amides is 1. The van der Waals surface area contributed by atoms with Crippen molar-refractivity contribution >= 4 is 40.4 Å². The number of nitrogens with zero attached hydrogens (tertiary/aromatic N) is 1. The highest BCUT2D eigenvalue weighted by molar-refractivity contribution is 7.99. The molecule has 0 bridgehead atoms. The van der Waals surface area contributed by atoms with Gasteiger partial charge >= 0.3 is 6.18 Å². The Bertz CT molecular complexity index is 1320. The molecule has 3 aromatic carbocycles. The molecular formula is C28H31F3N6OS. The van der Waals surface area contributed by atoms with Crippen LogP contribution in [0.5, 0.6) is 0 Å². The van der Waals surface area contributed by atoms with Crippen LogP contribution in [0.25, 0.3) is 0 Å². The van der Waals surface area contributed by atoms with Crippen LogP contribution < -0.4 is 32.5 Å². The Labute approximate surface area is 229 Å². The number of rotatable bonds is 8. The van der Waals surface area contributed by atoms with Crippen molar-refractivity contribution in [1.82, 2.24) is 5.43 Å². The molecule has 0 spiro atoms. The molecule has 5 rings (SSSR count). The van der Waals surface area contributed by atoms with Gasteiger partial charge in [-0.1, -0.05) is 36.4 Å². The number of alkyl halides is 3. The molecule has 206 valence electrons. The average Bonchev–Trinajstić information content (AvgIpc) is 3.38. The van der Waals surface area contributed by atoms with E-state index in [0.717, 1.165) is 39.6 Å². The lowest BCUT2D eigenvalue weighted by Crippen LogP contribution is -2.43. The van der Waals surface area contributed by atoms with Crippen LogP contribution in [0.3, 0.4) is 0 Å². The number of anilines is 4. The van der Waals surface area contributed by atoms with Crippen molar-refractivity contribution in [3.05, 3.63) is 72.3 Å². The lowest BCUT2D eigenvalue weighted by Gasteiger charge is -2.28. The Morgan fingerprint density at radius 1 is 1.05 bits per heavy atom. The largest absolute Gasteiger partial charge is 0.405 e. The molecule has 39 heavy (non-hydrogen) atoms. The number of fused-ring (bicyclic) bond motifs is 2. The number of benzene rings is 3. The fourth-order valence-electron chi connectivity index (χ4n) is 4.83. The molecule has 7 N–H and O–H groups in total. The molecule has 2 unspecified atom stereocenters. The predicted molar refractivity (Wildman–Crippen MR) is 149 cm³/mol. The molecule has 0 aliphatic carbocycles. The number of hydrogen-bond donors (Lipinski definition) is 5. The smallest absolute Gasteiger partial charge is 0.354 e. The number of hydrazine groups is 1. The Kier molecular flexibility index (Phi) is 8.03. The summed E-state index contributed by atoms with van der Waals surface area (Å²) in [7, 11) is 0. The van der Waals surface area contributed by atoms with Crippen LogP contribution in [0.1, 0.15) is 37.3 Å². The topological polar surface area (TPSA) is 108 Å². The van der Waals surface area contributed by atoms with E-state index in [1.54, 1.807) is 41.0 Å². The summed E-state index contributed by atoms with van der Waals surface area (Å²) in [5.74, 6) is -0.310. The van der Waals surface area contributed by atoms with Crippen LogP contribution in [0.4, 0.5) is 35.9 Å². The monoisotopic (exact) mass is 556 g/mol. The van der Waals surface area contributed by atoms with Crippen LogP contribution in [-0.2, 0) is 4.79 Å². The maximum absolute atomic E-state index is 13.8. The summed E-state index contributed by atoms with van der Waals surface area (Å²) in [4.78, 5) is 14.5. The summed E-state index contributed by atoms with van der Waals surface area (Å²) < 4.78 is 41.4. The van der Waals surface area contributed by atoms with Crippen molar-refractivity contribution in [2.75, 3.05) is 22.2 Å². The predicted octanol–water partition coefficient (Wildman–Crippen LogP) is 5.68. The van der Waals surface area contributed by atoms with Crippen LogP contribution in [-0.4, -0.2) is 30.7 Å². The Balaban J connectivity index is 1.35. The van der Waals surface area contributed by atoms with E-state index < -0.39 is 24.3 Å². The van der Waals surface area contributed by atoms with Crippen LogP contribution in [0, 0.1) is 0 Å². The van der Waals surface area contributed by atoms with E-state index >= 15 is 0 Å². The molecule has 2 aliphatic heterocycles. The van der Waals surface area contributed by atoms with E-state index in [1.807, 2.05) is 42.5 Å². The number of para-hydroxylation sites is 1. The summed E-state index contributed by atoms with van der Waals surface area (Å²) in [6.07, 6.45) is -2.45. The molecular weight excluding hydrogens is 525 g/mol. The second kappa shape index (κ2) is 11.5. The summed E-state index contributed by atoms with van der Waals surface area (Å²) in [6.45, 7) is 0.547. The molecule has 11 heteroatoms. The third kappa shape index (κ3) is 6.17. The van der Waals surface area contributed by atoms with Crippen molar-refractivity contribution in [1.29, 1.82) is 0 Å². The Morgan fingerprint density at radius 2 is 1.79 bits per heavy atom. The van der Waals surface area contributed by atoms with Crippen molar-refractivity contribution in [3.8, 4) is 0 Å². The fourth-order valence-corrected chi connectivity index (χ4v) is 5.80. The second-order valence-corrected chi connectivity index (χ2v) is 10.8. The van der Waals surface area contributed by atoms with Gasteiger partial charge in [0.15, 0.2) is 0 Å². The van der Waals surface area contributed by atoms with Gasteiger partial charge < -0.3 is 27.1 Å². The van der Waals surface area contributed by atoms with Crippen LogP contribution in [0.2, 0.25) is 0 Å². The highest BCUT2D eigenvalue weighted by Crippen LogP contribution is 2.46. The summed E-state index contributed by atoms with van der Waals surface area (Å²) in [6, 6.07) is 17.5. The van der Waals surface area contributed by atoms with Crippen molar-refractivity contribution < 1.29 is 18.0 Å². The van der Waals surface area contributed by atoms with Gasteiger partial charge in [-0.3, -0.25) is 4.79 Å². The second-order valence-electron chi connectivity index (χ2n) is 9.75. The Morgan fingerprint density at radius 3 is 2.54 bits per heavy atom. The van der Waals surface area contributed by atoms with Gasteiger partial charge in [0.25, 0.3) is 0 Å². The van der Waals surface area contributed by atoms with Gasteiger partial charge in [-0.05, 0) is 79.9 Å². The van der Waals surface area contributed by atoms with Crippen molar-refractivity contribution in [2.24, 2.45) is 11.5 Å². The normalized spacial score (nSPS) is 19.2. The lowest BCUT2D eigenvalue weighted by molar-refractivity contribution is -0.152. The highest BCUT2D eigenvalue weighted by Gasteiger charge is 2.48. The van der Waals surface area contributed by atoms with E-state index in [9.17, 15) is 18.0 Å². The standard InChI is InChI=1S/C28H31F3N6OS/c29-28(30,31)26-16-23(17-8-13-25-22(15-17)35-21-6-1-2-7-24(21)39-25)37(36-26)19-11-9-18(10-12-19)34-27(38)20(33)5-3-4-14-32/h1-2,6-13,15,20,23,26,35-36H,3-5,14,16,32-33H2,(H,34,38)/t20?,23-,26?/m0/s1. The first-order valence-corrected chi connectivity index (χ1v) is 13.7. The number of carbonyl (C=O) groups is 1. The molecule has 0 saturated carbocycles. The number of halogens is 3. The Hall–Kier alpha value is -3.25. The van der Waals surface area contributed by atoms with Crippen LogP contribution in [0.15, 0.2) is 76.5 Å². The maximum atomic E-state index is 13.8. The zero-order valence-corrected chi connectivity index (χ0v) is 22.0. The third-order valence-electron chi connectivity index (χ3n) is 6.94. The van der Waals surface area contributed by atoms with Gasteiger partial charge in [-0.2, -0.15) is 13.2 Å². The van der Waals surface area contributed by atoms with Crippen molar-refractivity contribution in [3.63, 3.8) is 0 Å². The molecule has 1 fully saturated rings.